The van der Waals surface area contributed by atoms with Crippen molar-refractivity contribution in [2.45, 2.75) is 13.0 Å². The Morgan fingerprint density at radius 3 is 2.92 bits per heavy atom. The highest BCUT2D eigenvalue weighted by atomic mass is 79.9. The first kappa shape index (κ1) is 10.7. The van der Waals surface area contributed by atoms with Crippen LogP contribution in [-0.2, 0) is 10.0 Å². The van der Waals surface area contributed by atoms with Crippen molar-refractivity contribution in [3.8, 4) is 0 Å². The zero-order valence-corrected chi connectivity index (χ0v) is 9.39. The number of aromatic amines is 1. The van der Waals surface area contributed by atoms with Gasteiger partial charge in [0, 0.05) is 17.8 Å². The zero-order valence-electron chi connectivity index (χ0n) is 6.99. The molecular weight excluding hydrogens is 258 g/mol. The number of hydrogen-bond acceptors (Lipinski definition) is 3. The second kappa shape index (κ2) is 4.21. The molecule has 13 heavy (non-hydrogen) atoms. The van der Waals surface area contributed by atoms with Crippen LogP contribution in [0.15, 0.2) is 12.4 Å². The van der Waals surface area contributed by atoms with Gasteiger partial charge in [0.1, 0.15) is 4.66 Å². The summed E-state index contributed by atoms with van der Waals surface area (Å²) in [6, 6.07) is -0.263. The zero-order chi connectivity index (χ0) is 9.90. The van der Waals surface area contributed by atoms with Gasteiger partial charge < -0.3 is 0 Å². The minimum atomic E-state index is -3.22. The molecule has 5 nitrogen and oxygen atoms in total. The minimum Gasteiger partial charge on any atom is -0.285 e. The molecule has 0 saturated carbocycles. The third-order valence-corrected chi connectivity index (χ3v) is 4.33. The van der Waals surface area contributed by atoms with Gasteiger partial charge in [-0.15, -0.1) is 0 Å². The summed E-state index contributed by atoms with van der Waals surface area (Å²) in [6.07, 6.45) is 3.24. The number of hydrogen-bond donors (Lipinski definition) is 2. The highest BCUT2D eigenvalue weighted by Gasteiger charge is 2.14. The molecule has 0 aliphatic rings. The molecular formula is C6H10BrN3O2S. The number of alkyl halides is 1. The van der Waals surface area contributed by atoms with Crippen molar-refractivity contribution in [2.75, 3.05) is 4.66 Å². The molecule has 0 radical (unpaired) electrons. The lowest BCUT2D eigenvalue weighted by atomic mass is 10.2. The lowest BCUT2D eigenvalue weighted by Gasteiger charge is -2.10. The normalized spacial score (nSPS) is 14.3. The Hall–Kier alpha value is -0.400. The van der Waals surface area contributed by atoms with E-state index in [1.807, 2.05) is 0 Å². The van der Waals surface area contributed by atoms with E-state index in [0.717, 1.165) is 5.56 Å². The number of aromatic nitrogens is 2. The summed E-state index contributed by atoms with van der Waals surface area (Å²) in [5.74, 6) is 0. The fourth-order valence-electron chi connectivity index (χ4n) is 0.867. The maximum Gasteiger partial charge on any atom is 0.222 e. The number of rotatable bonds is 4. The molecule has 2 N–H and O–H groups in total. The van der Waals surface area contributed by atoms with E-state index in [-0.39, 0.29) is 10.7 Å². The van der Waals surface area contributed by atoms with Crippen LogP contribution in [-0.4, -0.2) is 23.3 Å². The second-order valence-corrected chi connectivity index (χ2v) is 5.65. The quantitative estimate of drug-likeness (QED) is 0.791. The van der Waals surface area contributed by atoms with Gasteiger partial charge in [0.15, 0.2) is 0 Å². The smallest absolute Gasteiger partial charge is 0.222 e. The number of sulfonamides is 1. The van der Waals surface area contributed by atoms with Crippen LogP contribution >= 0.6 is 15.9 Å². The molecule has 0 aromatic carbocycles. The number of nitrogens with one attached hydrogen (secondary N) is 2. The molecule has 1 aromatic rings. The van der Waals surface area contributed by atoms with Gasteiger partial charge in [-0.25, -0.2) is 13.1 Å². The van der Waals surface area contributed by atoms with E-state index >= 15 is 0 Å². The summed E-state index contributed by atoms with van der Waals surface area (Å²) in [6.45, 7) is 1.76. The first-order valence-electron chi connectivity index (χ1n) is 3.60. The SMILES string of the molecule is CC(NS(=O)(=O)CBr)c1cn[nH]c1. The monoisotopic (exact) mass is 267 g/mol. The van der Waals surface area contributed by atoms with Gasteiger partial charge in [-0.3, -0.25) is 5.10 Å². The van der Waals surface area contributed by atoms with Crippen LogP contribution in [0.1, 0.15) is 18.5 Å². The third-order valence-electron chi connectivity index (χ3n) is 1.52. The fourth-order valence-corrected chi connectivity index (χ4v) is 2.00. The first-order chi connectivity index (χ1) is 6.05. The molecule has 1 atom stereocenters. The lowest BCUT2D eigenvalue weighted by molar-refractivity contribution is 0.572. The highest BCUT2D eigenvalue weighted by molar-refractivity contribution is 9.10. The van der Waals surface area contributed by atoms with E-state index in [4.69, 9.17) is 0 Å². The van der Waals surface area contributed by atoms with Gasteiger partial charge in [-0.2, -0.15) is 5.10 Å². The molecule has 0 fully saturated rings. The van der Waals surface area contributed by atoms with Crippen LogP contribution in [0.25, 0.3) is 0 Å². The maximum absolute atomic E-state index is 11.1. The average Bonchev–Trinajstić information content (AvgIpc) is 2.55. The highest BCUT2D eigenvalue weighted by Crippen LogP contribution is 2.10. The van der Waals surface area contributed by atoms with Crippen molar-refractivity contribution in [2.24, 2.45) is 0 Å². The lowest BCUT2D eigenvalue weighted by Crippen LogP contribution is -2.27. The Balaban J connectivity index is 2.67. The summed E-state index contributed by atoms with van der Waals surface area (Å²) in [7, 11) is -3.22. The Morgan fingerprint density at radius 2 is 2.46 bits per heavy atom. The van der Waals surface area contributed by atoms with Crippen LogP contribution < -0.4 is 4.72 Å². The van der Waals surface area contributed by atoms with Crippen molar-refractivity contribution in [1.82, 2.24) is 14.9 Å². The molecule has 1 rings (SSSR count). The van der Waals surface area contributed by atoms with Gasteiger partial charge in [0.25, 0.3) is 0 Å². The minimum absolute atomic E-state index is 0.0950. The topological polar surface area (TPSA) is 74.8 Å². The first-order valence-corrected chi connectivity index (χ1v) is 6.37. The Bertz CT molecular complexity index is 348. The summed E-state index contributed by atoms with van der Waals surface area (Å²) < 4.78 is 24.6. The molecule has 0 saturated heterocycles. The van der Waals surface area contributed by atoms with E-state index in [1.54, 1.807) is 19.3 Å². The Labute approximate surface area is 85.1 Å². The van der Waals surface area contributed by atoms with E-state index in [1.165, 1.54) is 0 Å². The maximum atomic E-state index is 11.1. The number of nitrogens with zero attached hydrogens (tertiary/aromatic N) is 1. The molecule has 74 valence electrons. The van der Waals surface area contributed by atoms with Crippen molar-refractivity contribution < 1.29 is 8.42 Å². The van der Waals surface area contributed by atoms with E-state index in [0.29, 0.717) is 0 Å². The molecule has 1 aromatic heterocycles. The van der Waals surface area contributed by atoms with Crippen LogP contribution in [0, 0.1) is 0 Å². The summed E-state index contributed by atoms with van der Waals surface area (Å²) in [5, 5.41) is 6.35. The van der Waals surface area contributed by atoms with Crippen molar-refractivity contribution in [3.63, 3.8) is 0 Å². The second-order valence-electron chi connectivity index (χ2n) is 2.60. The van der Waals surface area contributed by atoms with Crippen molar-refractivity contribution in [1.29, 1.82) is 0 Å². The molecule has 0 spiro atoms. The molecule has 0 bridgehead atoms. The van der Waals surface area contributed by atoms with E-state index in [2.05, 4.69) is 30.8 Å². The molecule has 7 heteroatoms. The van der Waals surface area contributed by atoms with Crippen LogP contribution in [0.4, 0.5) is 0 Å². The standard InChI is InChI=1S/C6H10BrN3O2S/c1-5(6-2-8-9-3-6)10-13(11,12)4-7/h2-3,5,10H,4H2,1H3,(H,8,9). The summed E-state index contributed by atoms with van der Waals surface area (Å²) in [4.78, 5) is 0. The van der Waals surface area contributed by atoms with Crippen molar-refractivity contribution in [3.05, 3.63) is 18.0 Å². The van der Waals surface area contributed by atoms with Crippen LogP contribution in [0.5, 0.6) is 0 Å². The Morgan fingerprint density at radius 1 is 1.77 bits per heavy atom. The summed E-state index contributed by atoms with van der Waals surface area (Å²) >= 11 is 2.89. The van der Waals surface area contributed by atoms with E-state index < -0.39 is 10.0 Å². The van der Waals surface area contributed by atoms with E-state index in [9.17, 15) is 8.42 Å². The number of H-pyrrole nitrogens is 1. The summed E-state index contributed by atoms with van der Waals surface area (Å²) in [5.41, 5.74) is 0.810. The molecule has 1 heterocycles. The molecule has 0 amide bonds. The Kier molecular flexibility index (Phi) is 3.46. The molecule has 0 aliphatic heterocycles. The van der Waals surface area contributed by atoms with Crippen molar-refractivity contribution >= 4 is 26.0 Å². The fraction of sp³-hybridized carbons (Fsp3) is 0.500. The number of halogens is 1. The predicted octanol–water partition coefficient (Wildman–Crippen LogP) is 0.742. The van der Waals surface area contributed by atoms with Gasteiger partial charge in [-0.05, 0) is 6.92 Å². The largest absolute Gasteiger partial charge is 0.285 e. The third kappa shape index (κ3) is 3.09. The molecule has 0 aliphatic carbocycles. The van der Waals surface area contributed by atoms with Crippen LogP contribution in [0.3, 0.4) is 0 Å². The molecule has 1 unspecified atom stereocenters. The average molecular weight is 268 g/mol. The van der Waals surface area contributed by atoms with Gasteiger partial charge in [-0.1, -0.05) is 15.9 Å². The van der Waals surface area contributed by atoms with Crippen LogP contribution in [0.2, 0.25) is 0 Å². The van der Waals surface area contributed by atoms with Gasteiger partial charge >= 0.3 is 0 Å². The predicted molar refractivity (Wildman–Crippen MR) is 52.9 cm³/mol. The van der Waals surface area contributed by atoms with Gasteiger partial charge in [0.2, 0.25) is 10.0 Å². The van der Waals surface area contributed by atoms with Gasteiger partial charge in [0.05, 0.1) is 6.20 Å².